The molecule has 2 aromatic carbocycles. The molecule has 0 saturated heterocycles. The van der Waals surface area contributed by atoms with Crippen LogP contribution in [0.5, 0.6) is 0 Å². The van der Waals surface area contributed by atoms with Gasteiger partial charge in [0.15, 0.2) is 0 Å². The molecule has 6 heteroatoms. The lowest BCUT2D eigenvalue weighted by molar-refractivity contribution is 0.570. The number of hydrogen-bond acceptors (Lipinski definition) is 2. The molecule has 0 radical (unpaired) electrons. The quantitative estimate of drug-likeness (QED) is 0.642. The van der Waals surface area contributed by atoms with Gasteiger partial charge in [0.25, 0.3) is 11.3 Å². The van der Waals surface area contributed by atoms with Crippen LogP contribution in [0.4, 0.5) is 5.69 Å². The molecular weight excluding hydrogens is 262 g/mol. The van der Waals surface area contributed by atoms with Crippen LogP contribution in [0, 0.1) is 0 Å². The lowest BCUT2D eigenvalue weighted by Gasteiger charge is -2.02. The van der Waals surface area contributed by atoms with E-state index in [1.54, 1.807) is 12.1 Å². The monoisotopic (exact) mass is 273 g/mol. The Bertz CT molecular complexity index is 740. The van der Waals surface area contributed by atoms with Crippen molar-refractivity contribution in [2.24, 2.45) is 0 Å². The molecular formula is C13H11N3O2S. The molecule has 96 valence electrons. The Hall–Kier alpha value is -2.18. The zero-order valence-electron chi connectivity index (χ0n) is 9.83. The van der Waals surface area contributed by atoms with Crippen molar-refractivity contribution in [3.63, 3.8) is 0 Å². The number of aromatic nitrogens is 2. The van der Waals surface area contributed by atoms with E-state index in [1.165, 1.54) is 0 Å². The van der Waals surface area contributed by atoms with Crippen LogP contribution in [0.25, 0.3) is 22.2 Å². The highest BCUT2D eigenvalue weighted by molar-refractivity contribution is 7.80. The number of rotatable bonds is 3. The van der Waals surface area contributed by atoms with Crippen LogP contribution >= 0.6 is 0 Å². The third-order valence-corrected chi connectivity index (χ3v) is 3.23. The minimum absolute atomic E-state index is 0.576. The summed E-state index contributed by atoms with van der Waals surface area (Å²) >= 11 is -2.08. The molecule has 0 aliphatic heterocycles. The molecule has 0 fully saturated rings. The molecule has 3 rings (SSSR count). The van der Waals surface area contributed by atoms with Crippen LogP contribution in [-0.2, 0) is 11.3 Å². The number of anilines is 1. The Kier molecular flexibility index (Phi) is 3.02. The standard InChI is InChI=1S/C13H11N3O2S/c17-19(18)16-10-6-7-12-11(8-10)13(15-14-12)9-4-2-1-3-5-9/h1-8,16H,(H,14,15)(H,17,18). The van der Waals surface area contributed by atoms with Gasteiger partial charge in [-0.15, -0.1) is 0 Å². The smallest absolute Gasteiger partial charge is 0.259 e. The Labute approximate surface area is 112 Å². The van der Waals surface area contributed by atoms with Gasteiger partial charge in [-0.25, -0.2) is 4.21 Å². The summed E-state index contributed by atoms with van der Waals surface area (Å²) in [5.41, 5.74) is 3.28. The second-order valence-corrected chi connectivity index (χ2v) is 4.75. The summed E-state index contributed by atoms with van der Waals surface area (Å²) in [7, 11) is 0. The number of hydrogen-bond donors (Lipinski definition) is 3. The van der Waals surface area contributed by atoms with E-state index in [0.717, 1.165) is 22.2 Å². The van der Waals surface area contributed by atoms with Gasteiger partial charge < -0.3 is 0 Å². The number of nitrogens with zero attached hydrogens (tertiary/aromatic N) is 1. The first-order valence-electron chi connectivity index (χ1n) is 5.65. The predicted molar refractivity (Wildman–Crippen MR) is 75.9 cm³/mol. The van der Waals surface area contributed by atoms with Gasteiger partial charge in [-0.2, -0.15) is 5.10 Å². The zero-order chi connectivity index (χ0) is 13.2. The van der Waals surface area contributed by atoms with E-state index in [2.05, 4.69) is 14.9 Å². The van der Waals surface area contributed by atoms with Crippen molar-refractivity contribution in [1.29, 1.82) is 0 Å². The van der Waals surface area contributed by atoms with Gasteiger partial charge in [0.05, 0.1) is 11.2 Å². The highest BCUT2D eigenvalue weighted by Crippen LogP contribution is 2.28. The van der Waals surface area contributed by atoms with Crippen LogP contribution in [0.3, 0.4) is 0 Å². The minimum atomic E-state index is -2.08. The lowest BCUT2D eigenvalue weighted by atomic mass is 10.1. The van der Waals surface area contributed by atoms with E-state index in [-0.39, 0.29) is 0 Å². The fourth-order valence-electron chi connectivity index (χ4n) is 1.99. The molecule has 3 N–H and O–H groups in total. The van der Waals surface area contributed by atoms with Gasteiger partial charge in [-0.1, -0.05) is 30.3 Å². The van der Waals surface area contributed by atoms with Crippen LogP contribution in [0.15, 0.2) is 48.5 Å². The van der Waals surface area contributed by atoms with Gasteiger partial charge in [0.1, 0.15) is 0 Å². The first kappa shape index (κ1) is 11.9. The molecule has 0 aliphatic rings. The number of H-pyrrole nitrogens is 1. The predicted octanol–water partition coefficient (Wildman–Crippen LogP) is 2.78. The summed E-state index contributed by atoms with van der Waals surface area (Å²) in [6.07, 6.45) is 0. The summed E-state index contributed by atoms with van der Waals surface area (Å²) < 4.78 is 22.1. The molecule has 5 nitrogen and oxygen atoms in total. The van der Waals surface area contributed by atoms with Gasteiger partial charge in [0.2, 0.25) is 0 Å². The van der Waals surface area contributed by atoms with Gasteiger partial charge >= 0.3 is 0 Å². The summed E-state index contributed by atoms with van der Waals surface area (Å²) in [6, 6.07) is 15.1. The van der Waals surface area contributed by atoms with Crippen molar-refractivity contribution in [1.82, 2.24) is 10.2 Å². The topological polar surface area (TPSA) is 78.0 Å². The number of benzene rings is 2. The number of aromatic amines is 1. The third kappa shape index (κ3) is 2.35. The molecule has 0 bridgehead atoms. The second kappa shape index (κ2) is 4.83. The van der Waals surface area contributed by atoms with Crippen molar-refractivity contribution in [3.05, 3.63) is 48.5 Å². The Balaban J connectivity index is 2.13. The maximum absolute atomic E-state index is 10.8. The maximum atomic E-state index is 10.8. The molecule has 1 unspecified atom stereocenters. The molecule has 0 aliphatic carbocycles. The van der Waals surface area contributed by atoms with E-state index < -0.39 is 11.3 Å². The molecule has 0 spiro atoms. The van der Waals surface area contributed by atoms with Crippen molar-refractivity contribution in [2.45, 2.75) is 0 Å². The third-order valence-electron chi connectivity index (χ3n) is 2.82. The fourth-order valence-corrected chi connectivity index (χ4v) is 2.32. The Morgan fingerprint density at radius 2 is 1.95 bits per heavy atom. The molecule has 1 aromatic heterocycles. The van der Waals surface area contributed by atoms with Crippen molar-refractivity contribution >= 4 is 27.9 Å². The minimum Gasteiger partial charge on any atom is -0.289 e. The second-order valence-electron chi connectivity index (χ2n) is 4.05. The number of fused-ring (bicyclic) bond motifs is 1. The largest absolute Gasteiger partial charge is 0.289 e. The van der Waals surface area contributed by atoms with E-state index in [1.807, 2.05) is 36.4 Å². The SMILES string of the molecule is O=S(O)Nc1ccc2[nH]nc(-c3ccccc3)c2c1. The Morgan fingerprint density at radius 3 is 2.68 bits per heavy atom. The van der Waals surface area contributed by atoms with Crippen molar-refractivity contribution in [3.8, 4) is 11.3 Å². The van der Waals surface area contributed by atoms with Gasteiger partial charge in [-0.05, 0) is 18.2 Å². The molecule has 1 atom stereocenters. The van der Waals surface area contributed by atoms with Gasteiger partial charge in [0, 0.05) is 16.6 Å². The zero-order valence-corrected chi connectivity index (χ0v) is 10.6. The Morgan fingerprint density at radius 1 is 1.16 bits per heavy atom. The highest BCUT2D eigenvalue weighted by atomic mass is 32.2. The van der Waals surface area contributed by atoms with Crippen molar-refractivity contribution < 1.29 is 8.76 Å². The van der Waals surface area contributed by atoms with Crippen molar-refractivity contribution in [2.75, 3.05) is 4.72 Å². The number of nitrogens with one attached hydrogen (secondary N) is 2. The van der Waals surface area contributed by atoms with E-state index >= 15 is 0 Å². The first-order valence-corrected chi connectivity index (χ1v) is 6.76. The highest BCUT2D eigenvalue weighted by Gasteiger charge is 2.08. The average molecular weight is 273 g/mol. The normalized spacial score (nSPS) is 12.5. The van der Waals surface area contributed by atoms with Crippen LogP contribution < -0.4 is 4.72 Å². The maximum Gasteiger partial charge on any atom is 0.259 e. The van der Waals surface area contributed by atoms with E-state index in [4.69, 9.17) is 4.55 Å². The van der Waals surface area contributed by atoms with E-state index in [9.17, 15) is 4.21 Å². The lowest BCUT2D eigenvalue weighted by Crippen LogP contribution is -2.01. The molecule has 0 amide bonds. The molecule has 0 saturated carbocycles. The molecule has 3 aromatic rings. The summed E-state index contributed by atoms with van der Waals surface area (Å²) in [4.78, 5) is 0. The summed E-state index contributed by atoms with van der Waals surface area (Å²) in [6.45, 7) is 0. The average Bonchev–Trinajstić information content (AvgIpc) is 2.82. The van der Waals surface area contributed by atoms with Crippen LogP contribution in [0.1, 0.15) is 0 Å². The van der Waals surface area contributed by atoms with Gasteiger partial charge in [-0.3, -0.25) is 14.4 Å². The first-order chi connectivity index (χ1) is 9.24. The molecule has 1 heterocycles. The van der Waals surface area contributed by atoms with Crippen LogP contribution in [-0.4, -0.2) is 19.0 Å². The van der Waals surface area contributed by atoms with E-state index in [0.29, 0.717) is 5.69 Å². The summed E-state index contributed by atoms with van der Waals surface area (Å²) in [5.74, 6) is 0. The molecule has 19 heavy (non-hydrogen) atoms. The van der Waals surface area contributed by atoms with Crippen LogP contribution in [0.2, 0.25) is 0 Å². The summed E-state index contributed by atoms with van der Waals surface area (Å²) in [5, 5.41) is 8.15. The fraction of sp³-hybridized carbons (Fsp3) is 0.